The van der Waals surface area contributed by atoms with Gasteiger partial charge in [-0.1, -0.05) is 56.4 Å². The van der Waals surface area contributed by atoms with Gasteiger partial charge in [0.05, 0.1) is 0 Å². The molecule has 0 atom stereocenters. The summed E-state index contributed by atoms with van der Waals surface area (Å²) < 4.78 is 2.89. The van der Waals surface area contributed by atoms with E-state index in [1.807, 2.05) is 22.7 Å². The van der Waals surface area contributed by atoms with Gasteiger partial charge in [0.1, 0.15) is 0 Å². The molecule has 134 valence electrons. The van der Waals surface area contributed by atoms with Crippen molar-refractivity contribution in [3.05, 3.63) is 58.8 Å². The van der Waals surface area contributed by atoms with Crippen LogP contribution in [-0.2, 0) is 6.42 Å². The van der Waals surface area contributed by atoms with Crippen molar-refractivity contribution >= 4 is 64.4 Å². The van der Waals surface area contributed by atoms with Crippen LogP contribution in [0.4, 0.5) is 0 Å². The van der Waals surface area contributed by atoms with E-state index in [9.17, 15) is 0 Å². The molecule has 0 saturated heterocycles. The van der Waals surface area contributed by atoms with Crippen LogP contribution in [0.5, 0.6) is 0 Å². The number of rotatable bonds is 2. The van der Waals surface area contributed by atoms with Crippen LogP contribution < -0.4 is 0 Å². The zero-order chi connectivity index (χ0) is 17.8. The van der Waals surface area contributed by atoms with Gasteiger partial charge in [-0.25, -0.2) is 0 Å². The minimum atomic E-state index is 0.908. The predicted molar refractivity (Wildman–Crippen MR) is 122 cm³/mol. The van der Waals surface area contributed by atoms with E-state index in [0.717, 1.165) is 5.92 Å². The van der Waals surface area contributed by atoms with Crippen molar-refractivity contribution < 1.29 is 0 Å². The molecule has 27 heavy (non-hydrogen) atoms. The first-order valence-electron chi connectivity index (χ1n) is 10.1. The fraction of sp³-hybridized carbons (Fsp3) is 0.280. The van der Waals surface area contributed by atoms with Crippen LogP contribution in [-0.4, -0.2) is 0 Å². The second-order valence-electron chi connectivity index (χ2n) is 8.10. The van der Waals surface area contributed by atoms with Crippen LogP contribution in [0.15, 0.2) is 53.9 Å². The summed E-state index contributed by atoms with van der Waals surface area (Å²) in [6, 6.07) is 18.7. The van der Waals surface area contributed by atoms with Gasteiger partial charge in [-0.3, -0.25) is 0 Å². The van der Waals surface area contributed by atoms with Crippen molar-refractivity contribution in [1.29, 1.82) is 0 Å². The first-order chi connectivity index (χ1) is 13.3. The van der Waals surface area contributed by atoms with E-state index >= 15 is 0 Å². The van der Waals surface area contributed by atoms with E-state index in [1.165, 1.54) is 80.2 Å². The molecule has 0 aliphatic heterocycles. The molecule has 0 radical (unpaired) electrons. The highest BCUT2D eigenvalue weighted by Gasteiger charge is 2.16. The van der Waals surface area contributed by atoms with Gasteiger partial charge in [0.15, 0.2) is 0 Å². The van der Waals surface area contributed by atoms with Gasteiger partial charge in [0, 0.05) is 25.0 Å². The lowest BCUT2D eigenvalue weighted by Crippen LogP contribution is -2.08. The average molecular weight is 387 g/mol. The molecule has 1 fully saturated rings. The summed E-state index contributed by atoms with van der Waals surface area (Å²) in [6.07, 6.45) is 8.44. The zero-order valence-electron chi connectivity index (χ0n) is 15.3. The smallest absolute Gasteiger partial charge is 0.0424 e. The van der Waals surface area contributed by atoms with Crippen LogP contribution in [0.2, 0.25) is 0 Å². The molecule has 0 bridgehead atoms. The van der Waals surface area contributed by atoms with Crippen molar-refractivity contribution in [2.24, 2.45) is 5.92 Å². The summed E-state index contributed by atoms with van der Waals surface area (Å²) in [4.78, 5) is 1.58. The fourth-order valence-corrected chi connectivity index (χ4v) is 7.13. The summed E-state index contributed by atoms with van der Waals surface area (Å²) in [5, 5.41) is 10.6. The van der Waals surface area contributed by atoms with Crippen LogP contribution in [0.1, 0.15) is 37.0 Å². The van der Waals surface area contributed by atoms with E-state index in [1.54, 1.807) is 4.88 Å². The Bertz CT molecular complexity index is 1280. The molecular weight excluding hydrogens is 364 g/mol. The number of hydrogen-bond donors (Lipinski definition) is 0. The predicted octanol–water partition coefficient (Wildman–Crippen LogP) is 8.55. The van der Waals surface area contributed by atoms with E-state index in [2.05, 4.69) is 53.9 Å². The van der Waals surface area contributed by atoms with Crippen LogP contribution in [0.25, 0.3) is 41.7 Å². The Balaban J connectivity index is 1.51. The molecule has 6 rings (SSSR count). The standard InChI is InChI=1S/C25H22S2/c1-2-4-16(5-3-1)12-21-13-20-9-8-19-14-22-18(15-23(19)25(20)27-21)7-6-17-10-11-26-24(17)22/h6-11,13-16H,1-5,12H2. The number of hydrogen-bond acceptors (Lipinski definition) is 2. The minimum Gasteiger partial charge on any atom is -0.143 e. The van der Waals surface area contributed by atoms with Gasteiger partial charge in [0.2, 0.25) is 0 Å². The van der Waals surface area contributed by atoms with Gasteiger partial charge >= 0.3 is 0 Å². The summed E-state index contributed by atoms with van der Waals surface area (Å²) in [6.45, 7) is 0. The number of fused-ring (bicyclic) bond motifs is 6. The molecule has 1 saturated carbocycles. The van der Waals surface area contributed by atoms with Crippen molar-refractivity contribution in [2.75, 3.05) is 0 Å². The Labute approximate surface area is 167 Å². The first-order valence-corrected chi connectivity index (χ1v) is 11.8. The minimum absolute atomic E-state index is 0.908. The van der Waals surface area contributed by atoms with Crippen LogP contribution in [0, 0.1) is 5.92 Å². The van der Waals surface area contributed by atoms with E-state index < -0.39 is 0 Å². The normalized spacial score (nSPS) is 16.1. The van der Waals surface area contributed by atoms with Crippen molar-refractivity contribution in [3.8, 4) is 0 Å². The van der Waals surface area contributed by atoms with Gasteiger partial charge < -0.3 is 0 Å². The molecule has 1 aliphatic carbocycles. The monoisotopic (exact) mass is 386 g/mol. The fourth-order valence-electron chi connectivity index (χ4n) is 4.90. The summed E-state index contributed by atoms with van der Waals surface area (Å²) in [7, 11) is 0. The largest absolute Gasteiger partial charge is 0.143 e. The van der Waals surface area contributed by atoms with Crippen molar-refractivity contribution in [2.45, 2.75) is 38.5 Å². The van der Waals surface area contributed by atoms with E-state index in [0.29, 0.717) is 0 Å². The highest BCUT2D eigenvalue weighted by Crippen LogP contribution is 2.39. The molecule has 0 unspecified atom stereocenters. The number of benzene rings is 3. The second-order valence-corrected chi connectivity index (χ2v) is 10.2. The van der Waals surface area contributed by atoms with Crippen LogP contribution in [0.3, 0.4) is 0 Å². The first kappa shape index (κ1) is 16.1. The maximum atomic E-state index is 2.46. The summed E-state index contributed by atoms with van der Waals surface area (Å²) in [5.41, 5.74) is 0. The molecule has 0 amide bonds. The summed E-state index contributed by atoms with van der Waals surface area (Å²) in [5.74, 6) is 0.908. The third-order valence-corrected chi connectivity index (χ3v) is 8.49. The lowest BCUT2D eigenvalue weighted by Gasteiger charge is -2.20. The molecule has 0 nitrogen and oxygen atoms in total. The maximum absolute atomic E-state index is 2.46. The quantitative estimate of drug-likeness (QED) is 0.267. The molecule has 5 aromatic rings. The molecule has 1 aliphatic rings. The molecule has 2 heteroatoms. The molecule has 0 spiro atoms. The highest BCUT2D eigenvalue weighted by atomic mass is 32.1. The zero-order valence-corrected chi connectivity index (χ0v) is 17.0. The average Bonchev–Trinajstić information content (AvgIpc) is 3.34. The Kier molecular flexibility index (Phi) is 3.77. The third-order valence-electron chi connectivity index (χ3n) is 6.32. The molecule has 0 N–H and O–H groups in total. The Morgan fingerprint density at radius 2 is 1.41 bits per heavy atom. The van der Waals surface area contributed by atoms with Crippen molar-refractivity contribution in [1.82, 2.24) is 0 Å². The van der Waals surface area contributed by atoms with Gasteiger partial charge in [-0.15, -0.1) is 22.7 Å². The van der Waals surface area contributed by atoms with Gasteiger partial charge in [-0.2, -0.15) is 0 Å². The van der Waals surface area contributed by atoms with Gasteiger partial charge in [0.25, 0.3) is 0 Å². The highest BCUT2D eigenvalue weighted by molar-refractivity contribution is 7.20. The van der Waals surface area contributed by atoms with E-state index in [-0.39, 0.29) is 0 Å². The topological polar surface area (TPSA) is 0 Å². The Morgan fingerprint density at radius 1 is 0.704 bits per heavy atom. The van der Waals surface area contributed by atoms with Gasteiger partial charge in [-0.05, 0) is 63.5 Å². The molecule has 3 aromatic carbocycles. The molecule has 2 heterocycles. The van der Waals surface area contributed by atoms with E-state index in [4.69, 9.17) is 0 Å². The lowest BCUT2D eigenvalue weighted by molar-refractivity contribution is 0.358. The third kappa shape index (κ3) is 2.69. The van der Waals surface area contributed by atoms with Crippen molar-refractivity contribution in [3.63, 3.8) is 0 Å². The SMILES string of the molecule is c1cc2ccc3cc4c(ccc5cc(CC6CCCCC6)sc54)cc3c2s1. The number of thiophene rings is 2. The molecular formula is C25H22S2. The lowest BCUT2D eigenvalue weighted by atomic mass is 9.86. The summed E-state index contributed by atoms with van der Waals surface area (Å²) >= 11 is 3.89. The Morgan fingerprint density at radius 3 is 2.22 bits per heavy atom. The Hall–Kier alpha value is -1.90. The second kappa shape index (κ2) is 6.32. The van der Waals surface area contributed by atoms with Crippen LogP contribution >= 0.6 is 22.7 Å². The molecule has 2 aromatic heterocycles. The maximum Gasteiger partial charge on any atom is 0.0424 e.